The molecule has 0 aromatic rings. The summed E-state index contributed by atoms with van der Waals surface area (Å²) in [5, 5.41) is 0.223. The van der Waals surface area contributed by atoms with Crippen molar-refractivity contribution in [3.8, 4) is 0 Å². The minimum absolute atomic E-state index is 0. The van der Waals surface area contributed by atoms with Gasteiger partial charge in [-0.05, 0) is 108 Å². The maximum absolute atomic E-state index is 6.54. The fraction of sp³-hybridized carbons (Fsp3) is 0.576. The first-order chi connectivity index (χ1) is 31.7. The van der Waals surface area contributed by atoms with Gasteiger partial charge in [0.1, 0.15) is 0 Å². The van der Waals surface area contributed by atoms with Crippen molar-refractivity contribution in [2.24, 2.45) is 0 Å². The normalized spacial score (nSPS) is 12.1. The van der Waals surface area contributed by atoms with Gasteiger partial charge < -0.3 is 14.8 Å². The average Bonchev–Trinajstić information content (AvgIpc) is 3.24. The summed E-state index contributed by atoms with van der Waals surface area (Å²) in [5.41, 5.74) is 0. The third kappa shape index (κ3) is 29.9. The predicted octanol–water partition coefficient (Wildman–Crippen LogP) is 17.8. The molecule has 0 atom stereocenters. The maximum atomic E-state index is 6.54. The molecule has 0 spiro atoms. The molecule has 0 amide bonds. The van der Waals surface area contributed by atoms with Gasteiger partial charge in [0.15, 0.2) is 16.6 Å². The number of hydrogen-bond acceptors (Lipinski definition) is 2. The molecule has 0 aromatic heterocycles. The van der Waals surface area contributed by atoms with Gasteiger partial charge in [-0.25, -0.2) is 0 Å². The summed E-state index contributed by atoms with van der Waals surface area (Å²) >= 11 is 0. The Hall–Kier alpha value is -1.30. The first-order valence-electron chi connectivity index (χ1n) is 25.8. The van der Waals surface area contributed by atoms with Crippen LogP contribution >= 0.6 is 0 Å². The first-order valence-corrected chi connectivity index (χ1v) is 42.3. The summed E-state index contributed by atoms with van der Waals surface area (Å²) in [6.07, 6.45) is 30.6. The second-order valence-corrected chi connectivity index (χ2v) is 50.0. The minimum Gasteiger partial charge on any atom is -0.420 e. The monoisotopic (exact) mass is 1030 g/mol. The van der Waals surface area contributed by atoms with Crippen molar-refractivity contribution in [2.45, 2.75) is 200 Å². The third-order valence-corrected chi connectivity index (χ3v) is 43.7. The fourth-order valence-corrected chi connectivity index (χ4v) is 34.5. The summed E-state index contributed by atoms with van der Waals surface area (Å²) < 4.78 is 12.7. The first kappa shape index (κ1) is 73.2. The minimum atomic E-state index is -1.92. The third-order valence-electron chi connectivity index (χ3n) is 14.6. The molecule has 0 saturated carbocycles. The molecule has 0 N–H and O–H groups in total. The van der Waals surface area contributed by atoms with Crippen LogP contribution in [0.3, 0.4) is 0 Å². The molecule has 0 aliphatic heterocycles. The zero-order chi connectivity index (χ0) is 51.9. The molecule has 0 saturated heterocycles. The maximum Gasteiger partial charge on any atom is 1.00 e. The van der Waals surface area contributed by atoms with Gasteiger partial charge in [-0.3, -0.25) is 0 Å². The Labute approximate surface area is 445 Å². The van der Waals surface area contributed by atoms with Crippen molar-refractivity contribution in [3.63, 3.8) is 0 Å². The zero-order valence-corrected chi connectivity index (χ0v) is 53.2. The molecule has 0 heterocycles. The Morgan fingerprint density at radius 2 is 0.529 bits per heavy atom. The summed E-state index contributed by atoms with van der Waals surface area (Å²) in [6, 6.07) is 24.2. The standard InChI is InChI=1S/C29H54OSi3.C26H48OSi3.C4H9.Li/c1-11-19-31(20-12-2,21-13-3)25-17-27-33(30-10,29(7,8)9)28-18-26-32(22-14-4,23-15-5)24-16-6;1-9-17-29(18-10-2,19-11-3)25-15-23-28(8,27-7)24-16-26-30(20-12-4,21-13-5)22-14-6;1-4(2)3;/h11-16H,1-6,17-28H2,7-10H3;9-14H,1-6,15-26H2,7-8H3;1-3H3;/q;;-1;+1. The Bertz CT molecular complexity index is 1250. The van der Waals surface area contributed by atoms with Crippen LogP contribution in [0.15, 0.2) is 152 Å². The van der Waals surface area contributed by atoms with E-state index >= 15 is 0 Å². The molecule has 0 fully saturated rings. The van der Waals surface area contributed by atoms with Crippen LogP contribution in [0.4, 0.5) is 0 Å². The van der Waals surface area contributed by atoms with E-state index in [-0.39, 0.29) is 23.9 Å². The molecule has 68 heavy (non-hydrogen) atoms. The molecule has 384 valence electrons. The van der Waals surface area contributed by atoms with E-state index in [9.17, 15) is 0 Å². The topological polar surface area (TPSA) is 18.5 Å². The smallest absolute Gasteiger partial charge is 0.420 e. The van der Waals surface area contributed by atoms with Gasteiger partial charge in [0.25, 0.3) is 0 Å². The summed E-state index contributed by atoms with van der Waals surface area (Å²) in [7, 11) is -5.44. The van der Waals surface area contributed by atoms with Gasteiger partial charge >= 0.3 is 18.9 Å². The van der Waals surface area contributed by atoms with Gasteiger partial charge in [0, 0.05) is 14.2 Å². The van der Waals surface area contributed by atoms with Crippen molar-refractivity contribution in [1.29, 1.82) is 0 Å². The fourth-order valence-electron chi connectivity index (χ4n) is 10.8. The molecule has 0 aliphatic rings. The van der Waals surface area contributed by atoms with E-state index in [0.717, 1.165) is 72.5 Å². The van der Waals surface area contributed by atoms with Gasteiger partial charge in [-0.15, -0.1) is 78.9 Å². The molecular weight excluding hydrogens is 916 g/mol. The SMILES string of the molecule is C=CC[Si](CC=C)(CC=C)CCC[Si](C)(CCC[Si](CC=C)(CC=C)CC=C)OC.C=CC[Si](CC=C)(CC=C)CCC[Si](CCC[Si](CC=C)(CC=C)CC=C)(OC)C(C)(C)C.C[C-](C)C.[Li+]. The van der Waals surface area contributed by atoms with E-state index in [0.29, 0.717) is 0 Å². The van der Waals surface area contributed by atoms with E-state index in [2.05, 4.69) is 200 Å². The predicted molar refractivity (Wildman–Crippen MR) is 331 cm³/mol. The van der Waals surface area contributed by atoms with Crippen molar-refractivity contribution in [1.82, 2.24) is 0 Å². The van der Waals surface area contributed by atoms with Crippen LogP contribution in [-0.2, 0) is 8.85 Å². The van der Waals surface area contributed by atoms with Gasteiger partial charge in [-0.2, -0.15) is 20.8 Å². The van der Waals surface area contributed by atoms with Crippen LogP contribution in [0.25, 0.3) is 0 Å². The Balaban J connectivity index is -0.000000552. The van der Waals surface area contributed by atoms with E-state index in [1.165, 1.54) is 80.0 Å². The molecule has 9 heteroatoms. The molecule has 2 nitrogen and oxygen atoms in total. The largest absolute Gasteiger partial charge is 1.00 e. The quantitative estimate of drug-likeness (QED) is 0.0345. The zero-order valence-electron chi connectivity index (χ0n) is 47.2. The van der Waals surface area contributed by atoms with Crippen LogP contribution in [0.2, 0.25) is 132 Å². The summed E-state index contributed by atoms with van der Waals surface area (Å²) in [6.45, 7) is 64.4. The van der Waals surface area contributed by atoms with E-state index in [1.807, 2.05) is 14.2 Å². The Morgan fingerprint density at radius 3 is 0.662 bits per heavy atom. The average molecular weight is 1030 g/mol. The second kappa shape index (κ2) is 41.2. The van der Waals surface area contributed by atoms with Crippen LogP contribution in [0.5, 0.6) is 0 Å². The Kier molecular flexibility index (Phi) is 44.4. The molecule has 0 unspecified atom stereocenters. The van der Waals surface area contributed by atoms with Gasteiger partial charge in [0.05, 0.1) is 32.3 Å². The van der Waals surface area contributed by atoms with Crippen LogP contribution in [-0.4, -0.2) is 63.1 Å². The second-order valence-electron chi connectivity index (χ2n) is 21.9. The van der Waals surface area contributed by atoms with Crippen LogP contribution in [0.1, 0.15) is 67.2 Å². The van der Waals surface area contributed by atoms with Crippen LogP contribution in [0, 0.1) is 5.92 Å². The number of rotatable bonds is 42. The van der Waals surface area contributed by atoms with E-state index < -0.39 is 48.9 Å². The molecular formula is C59H111LiO2Si6. The molecule has 0 rings (SSSR count). The number of allylic oxidation sites excluding steroid dienone is 12. The van der Waals surface area contributed by atoms with Crippen molar-refractivity contribution in [2.75, 3.05) is 14.2 Å². The van der Waals surface area contributed by atoms with E-state index in [1.54, 1.807) is 0 Å². The van der Waals surface area contributed by atoms with Gasteiger partial charge in [0.2, 0.25) is 0 Å². The van der Waals surface area contributed by atoms with Crippen LogP contribution < -0.4 is 18.9 Å². The van der Waals surface area contributed by atoms with E-state index in [4.69, 9.17) is 8.85 Å². The summed E-state index contributed by atoms with van der Waals surface area (Å²) in [5.74, 6) is 1.42. The number of hydrogen-bond donors (Lipinski definition) is 0. The molecule has 0 aromatic carbocycles. The van der Waals surface area contributed by atoms with Crippen molar-refractivity contribution >= 4 is 48.9 Å². The van der Waals surface area contributed by atoms with Crippen molar-refractivity contribution < 1.29 is 27.7 Å². The van der Waals surface area contributed by atoms with Gasteiger partial charge in [-0.1, -0.05) is 144 Å². The molecule has 0 aliphatic carbocycles. The van der Waals surface area contributed by atoms with Crippen molar-refractivity contribution in [3.05, 3.63) is 158 Å². The Morgan fingerprint density at radius 1 is 0.353 bits per heavy atom. The molecule has 0 bridgehead atoms. The molecule has 0 radical (unpaired) electrons. The summed E-state index contributed by atoms with van der Waals surface area (Å²) in [4.78, 5) is 0.